The first-order chi connectivity index (χ1) is 7.40. The predicted octanol–water partition coefficient (Wildman–Crippen LogP) is -3.76. The molecule has 94 valence electrons. The average Bonchev–Trinajstić information content (AvgIpc) is 2.25. The quantitative estimate of drug-likeness (QED) is 0.292. The molecule has 1 heterocycles. The summed E-state index contributed by atoms with van der Waals surface area (Å²) in [5, 5.41) is 45.7. The monoisotopic (exact) mass is 237 g/mol. The van der Waals surface area contributed by atoms with E-state index in [1.54, 1.807) is 0 Å². The first-order valence-corrected chi connectivity index (χ1v) is 4.69. The summed E-state index contributed by atoms with van der Waals surface area (Å²) >= 11 is 0. The number of aliphatic carboxylic acids is 1. The van der Waals surface area contributed by atoms with Gasteiger partial charge in [0.05, 0.1) is 6.61 Å². The van der Waals surface area contributed by atoms with Gasteiger partial charge in [-0.3, -0.25) is 4.79 Å². The second-order valence-electron chi connectivity index (χ2n) is 3.66. The van der Waals surface area contributed by atoms with Crippen LogP contribution in [0.2, 0.25) is 0 Å². The molecular formula is C8H15NO7. The molecule has 1 aliphatic rings. The van der Waals surface area contributed by atoms with Gasteiger partial charge in [-0.15, -0.1) is 0 Å². The lowest BCUT2D eigenvalue weighted by Gasteiger charge is -2.41. The number of carboxylic acid groups (broad SMARTS) is 1. The molecule has 1 fully saturated rings. The van der Waals surface area contributed by atoms with Gasteiger partial charge >= 0.3 is 5.97 Å². The maximum Gasteiger partial charge on any atom is 0.323 e. The molecule has 8 heteroatoms. The SMILES string of the molecule is NC(C(=O)O)C1O[C@H](CO)[C@@H](O)[C@H](O)[C@@H]1O. The lowest BCUT2D eigenvalue weighted by atomic mass is 9.91. The van der Waals surface area contributed by atoms with E-state index in [9.17, 15) is 20.1 Å². The second-order valence-corrected chi connectivity index (χ2v) is 3.66. The van der Waals surface area contributed by atoms with Crippen LogP contribution in [0.25, 0.3) is 0 Å². The minimum Gasteiger partial charge on any atom is -0.480 e. The maximum atomic E-state index is 10.6. The Kier molecular flexibility index (Phi) is 4.19. The lowest BCUT2D eigenvalue weighted by Crippen LogP contribution is -2.64. The highest BCUT2D eigenvalue weighted by Gasteiger charge is 2.47. The number of hydrogen-bond acceptors (Lipinski definition) is 7. The number of nitrogens with two attached hydrogens (primary N) is 1. The Morgan fingerprint density at radius 3 is 2.25 bits per heavy atom. The van der Waals surface area contributed by atoms with Gasteiger partial charge in [0, 0.05) is 0 Å². The number of carbonyl (C=O) groups is 1. The van der Waals surface area contributed by atoms with Gasteiger partial charge in [0.15, 0.2) is 0 Å². The zero-order valence-electron chi connectivity index (χ0n) is 8.30. The number of aliphatic hydroxyl groups excluding tert-OH is 4. The van der Waals surface area contributed by atoms with Crippen molar-refractivity contribution in [3.05, 3.63) is 0 Å². The minimum absolute atomic E-state index is 0.617. The molecule has 1 saturated heterocycles. The third kappa shape index (κ3) is 2.32. The number of rotatable bonds is 3. The summed E-state index contributed by atoms with van der Waals surface area (Å²) in [6.45, 7) is -0.617. The Balaban J connectivity index is 2.82. The highest BCUT2D eigenvalue weighted by Crippen LogP contribution is 2.22. The van der Waals surface area contributed by atoms with Crippen LogP contribution in [0.3, 0.4) is 0 Å². The summed E-state index contributed by atoms with van der Waals surface area (Å²) in [4.78, 5) is 10.6. The molecule has 1 rings (SSSR count). The first-order valence-electron chi connectivity index (χ1n) is 4.69. The highest BCUT2D eigenvalue weighted by molar-refractivity contribution is 5.74. The average molecular weight is 237 g/mol. The third-order valence-corrected chi connectivity index (χ3v) is 2.57. The first kappa shape index (κ1) is 13.3. The summed E-state index contributed by atoms with van der Waals surface area (Å²) in [5.74, 6) is -1.41. The summed E-state index contributed by atoms with van der Waals surface area (Å²) < 4.78 is 4.94. The van der Waals surface area contributed by atoms with Crippen LogP contribution in [-0.2, 0) is 9.53 Å². The van der Waals surface area contributed by atoms with Crippen molar-refractivity contribution in [2.24, 2.45) is 5.73 Å². The van der Waals surface area contributed by atoms with Crippen LogP contribution in [0.4, 0.5) is 0 Å². The van der Waals surface area contributed by atoms with Crippen LogP contribution in [0, 0.1) is 0 Å². The molecule has 0 radical (unpaired) electrons. The van der Waals surface area contributed by atoms with Crippen LogP contribution in [0.5, 0.6) is 0 Å². The van der Waals surface area contributed by atoms with Crippen LogP contribution in [-0.4, -0.2) is 74.7 Å². The van der Waals surface area contributed by atoms with Crippen molar-refractivity contribution < 1.29 is 35.1 Å². The van der Waals surface area contributed by atoms with Gasteiger partial charge < -0.3 is 36.0 Å². The second kappa shape index (κ2) is 5.04. The largest absolute Gasteiger partial charge is 0.480 e. The Morgan fingerprint density at radius 1 is 1.25 bits per heavy atom. The van der Waals surface area contributed by atoms with Crippen molar-refractivity contribution >= 4 is 5.97 Å². The van der Waals surface area contributed by atoms with Gasteiger partial charge in [-0.25, -0.2) is 0 Å². The number of ether oxygens (including phenoxy) is 1. The standard InChI is InChI=1S/C8H15NO7/c9-3(8(14)15)7-6(13)5(12)4(11)2(1-10)16-7/h2-7,10-13H,1,9H2,(H,14,15)/t2-,3?,4-,5+,6+,7?/m1/s1. The minimum atomic E-state index is -1.62. The zero-order chi connectivity index (χ0) is 12.5. The van der Waals surface area contributed by atoms with Gasteiger partial charge in [-0.2, -0.15) is 0 Å². The molecule has 0 aromatic heterocycles. The molecule has 7 N–H and O–H groups in total. The van der Waals surface area contributed by atoms with Crippen molar-refractivity contribution in [2.45, 2.75) is 36.6 Å². The third-order valence-electron chi connectivity index (χ3n) is 2.57. The van der Waals surface area contributed by atoms with E-state index in [1.807, 2.05) is 0 Å². The molecule has 0 aromatic carbocycles. The lowest BCUT2D eigenvalue weighted by molar-refractivity contribution is -0.234. The molecule has 2 unspecified atom stereocenters. The topological polar surface area (TPSA) is 153 Å². The zero-order valence-corrected chi connectivity index (χ0v) is 8.30. The number of hydrogen-bond donors (Lipinski definition) is 6. The fourth-order valence-corrected chi connectivity index (χ4v) is 1.57. The van der Waals surface area contributed by atoms with Gasteiger partial charge in [0.25, 0.3) is 0 Å². The van der Waals surface area contributed by atoms with Crippen LogP contribution in [0.15, 0.2) is 0 Å². The summed E-state index contributed by atoms with van der Waals surface area (Å²) in [5.41, 5.74) is 5.25. The fourth-order valence-electron chi connectivity index (χ4n) is 1.57. The van der Waals surface area contributed by atoms with E-state index in [0.29, 0.717) is 0 Å². The van der Waals surface area contributed by atoms with E-state index < -0.39 is 49.1 Å². The molecule has 8 nitrogen and oxygen atoms in total. The highest BCUT2D eigenvalue weighted by atomic mass is 16.5. The molecule has 0 spiro atoms. The van der Waals surface area contributed by atoms with Crippen LogP contribution >= 0.6 is 0 Å². The summed E-state index contributed by atoms with van der Waals surface area (Å²) in [7, 11) is 0. The van der Waals surface area contributed by atoms with E-state index >= 15 is 0 Å². The Hall–Kier alpha value is -0.770. The van der Waals surface area contributed by atoms with Crippen LogP contribution in [0.1, 0.15) is 0 Å². The van der Waals surface area contributed by atoms with Gasteiger partial charge in [-0.1, -0.05) is 0 Å². The van der Waals surface area contributed by atoms with Crippen molar-refractivity contribution in [1.82, 2.24) is 0 Å². The molecular weight excluding hydrogens is 222 g/mol. The van der Waals surface area contributed by atoms with Crippen molar-refractivity contribution in [1.29, 1.82) is 0 Å². The van der Waals surface area contributed by atoms with Crippen molar-refractivity contribution in [3.8, 4) is 0 Å². The molecule has 16 heavy (non-hydrogen) atoms. The van der Waals surface area contributed by atoms with E-state index in [1.165, 1.54) is 0 Å². The Bertz CT molecular complexity index is 259. The van der Waals surface area contributed by atoms with Gasteiger partial charge in [-0.05, 0) is 0 Å². The van der Waals surface area contributed by atoms with Crippen LogP contribution < -0.4 is 5.73 Å². The predicted molar refractivity (Wildman–Crippen MR) is 49.4 cm³/mol. The Labute approximate surface area is 90.9 Å². The number of carboxylic acids is 1. The molecule has 0 aliphatic carbocycles. The molecule has 6 atom stereocenters. The summed E-state index contributed by atoms with van der Waals surface area (Å²) in [6.07, 6.45) is -7.27. The van der Waals surface area contributed by atoms with E-state index in [4.69, 9.17) is 20.7 Å². The van der Waals surface area contributed by atoms with E-state index in [-0.39, 0.29) is 0 Å². The molecule has 1 aliphatic heterocycles. The van der Waals surface area contributed by atoms with Crippen molar-refractivity contribution in [2.75, 3.05) is 6.61 Å². The van der Waals surface area contributed by atoms with E-state index in [2.05, 4.69) is 0 Å². The molecule has 0 bridgehead atoms. The van der Waals surface area contributed by atoms with Crippen molar-refractivity contribution in [3.63, 3.8) is 0 Å². The fraction of sp³-hybridized carbons (Fsp3) is 0.875. The van der Waals surface area contributed by atoms with Gasteiger partial charge in [0.2, 0.25) is 0 Å². The smallest absolute Gasteiger partial charge is 0.323 e. The summed E-state index contributed by atoms with van der Waals surface area (Å²) in [6, 6.07) is -1.55. The van der Waals surface area contributed by atoms with Gasteiger partial charge in [0.1, 0.15) is 36.6 Å². The normalized spacial score (nSPS) is 41.7. The molecule has 0 amide bonds. The maximum absolute atomic E-state index is 10.6. The van der Waals surface area contributed by atoms with E-state index in [0.717, 1.165) is 0 Å². The number of aliphatic hydroxyl groups is 4. The Morgan fingerprint density at radius 2 is 1.81 bits per heavy atom. The molecule has 0 aromatic rings. The molecule has 0 saturated carbocycles.